The molecule has 0 radical (unpaired) electrons. The number of aliphatic carboxylic acids is 1. The summed E-state index contributed by atoms with van der Waals surface area (Å²) >= 11 is 0. The molecule has 1 amide bonds. The third kappa shape index (κ3) is 5.49. The van der Waals surface area contributed by atoms with Gasteiger partial charge in [-0.1, -0.05) is 19.8 Å². The van der Waals surface area contributed by atoms with E-state index in [0.29, 0.717) is 19.5 Å². The Morgan fingerprint density at radius 3 is 2.56 bits per heavy atom. The lowest BCUT2D eigenvalue weighted by molar-refractivity contribution is -0.138. The molecule has 18 heavy (non-hydrogen) atoms. The standard InChI is InChI=1S/C13H24N2O3/c1-2-3-4-6-12(16)15-8-5-7-14(9-10-15)11-13(17)18/h2-11H2,1H3,(H,17,18). The van der Waals surface area contributed by atoms with Gasteiger partial charge in [-0.25, -0.2) is 0 Å². The lowest BCUT2D eigenvalue weighted by Crippen LogP contribution is -2.36. The number of hydrogen-bond acceptors (Lipinski definition) is 3. The predicted octanol–water partition coefficient (Wildman–Crippen LogP) is 1.19. The van der Waals surface area contributed by atoms with Crippen molar-refractivity contribution < 1.29 is 14.7 Å². The Morgan fingerprint density at radius 2 is 1.89 bits per heavy atom. The van der Waals surface area contributed by atoms with Crippen molar-refractivity contribution in [2.75, 3.05) is 32.7 Å². The Bertz CT molecular complexity index is 281. The smallest absolute Gasteiger partial charge is 0.317 e. The summed E-state index contributed by atoms with van der Waals surface area (Å²) in [6.07, 6.45) is 4.69. The number of rotatable bonds is 6. The summed E-state index contributed by atoms with van der Waals surface area (Å²) in [6, 6.07) is 0. The van der Waals surface area contributed by atoms with Crippen molar-refractivity contribution in [3.05, 3.63) is 0 Å². The number of hydrogen-bond donors (Lipinski definition) is 1. The Morgan fingerprint density at radius 1 is 1.11 bits per heavy atom. The monoisotopic (exact) mass is 256 g/mol. The molecule has 0 bridgehead atoms. The molecule has 104 valence electrons. The second-order valence-electron chi connectivity index (χ2n) is 4.86. The highest BCUT2D eigenvalue weighted by molar-refractivity contribution is 5.76. The van der Waals surface area contributed by atoms with Crippen molar-refractivity contribution in [1.82, 2.24) is 9.80 Å². The molecule has 0 aromatic carbocycles. The van der Waals surface area contributed by atoms with Crippen LogP contribution < -0.4 is 0 Å². The van der Waals surface area contributed by atoms with Crippen molar-refractivity contribution >= 4 is 11.9 Å². The van der Waals surface area contributed by atoms with Crippen LogP contribution in [0.1, 0.15) is 39.0 Å². The summed E-state index contributed by atoms with van der Waals surface area (Å²) in [6.45, 7) is 5.08. The lowest BCUT2D eigenvalue weighted by Gasteiger charge is -2.21. The second kappa shape index (κ2) is 8.08. The fourth-order valence-corrected chi connectivity index (χ4v) is 2.25. The maximum atomic E-state index is 11.9. The summed E-state index contributed by atoms with van der Waals surface area (Å²) in [5, 5.41) is 8.75. The molecular formula is C13H24N2O3. The fourth-order valence-electron chi connectivity index (χ4n) is 2.25. The van der Waals surface area contributed by atoms with E-state index in [-0.39, 0.29) is 12.5 Å². The van der Waals surface area contributed by atoms with E-state index in [2.05, 4.69) is 6.92 Å². The van der Waals surface area contributed by atoms with Gasteiger partial charge >= 0.3 is 5.97 Å². The number of carboxylic acid groups (broad SMARTS) is 1. The zero-order valence-electron chi connectivity index (χ0n) is 11.2. The van der Waals surface area contributed by atoms with Crippen molar-refractivity contribution in [2.45, 2.75) is 39.0 Å². The minimum absolute atomic E-state index is 0.0812. The number of unbranched alkanes of at least 4 members (excludes halogenated alkanes) is 2. The average Bonchev–Trinajstić information content (AvgIpc) is 2.54. The number of carbonyl (C=O) groups excluding carboxylic acids is 1. The van der Waals surface area contributed by atoms with Gasteiger partial charge in [0.15, 0.2) is 0 Å². The molecule has 5 nitrogen and oxygen atoms in total. The van der Waals surface area contributed by atoms with Crippen LogP contribution in [0.3, 0.4) is 0 Å². The summed E-state index contributed by atoms with van der Waals surface area (Å²) in [4.78, 5) is 26.4. The van der Waals surface area contributed by atoms with E-state index >= 15 is 0 Å². The summed E-state index contributed by atoms with van der Waals surface area (Å²) in [7, 11) is 0. The zero-order chi connectivity index (χ0) is 13.4. The molecule has 0 atom stereocenters. The highest BCUT2D eigenvalue weighted by Crippen LogP contribution is 2.07. The van der Waals surface area contributed by atoms with Crippen LogP contribution in [-0.2, 0) is 9.59 Å². The molecule has 1 saturated heterocycles. The molecule has 0 unspecified atom stereocenters. The Labute approximate surface area is 109 Å². The molecule has 1 heterocycles. The van der Waals surface area contributed by atoms with Gasteiger partial charge in [0.2, 0.25) is 5.91 Å². The Balaban J connectivity index is 2.32. The van der Waals surface area contributed by atoms with Crippen LogP contribution in [-0.4, -0.2) is 59.5 Å². The van der Waals surface area contributed by atoms with Crippen LogP contribution in [0.4, 0.5) is 0 Å². The number of amides is 1. The van der Waals surface area contributed by atoms with Crippen LogP contribution in [0.15, 0.2) is 0 Å². The van der Waals surface area contributed by atoms with Gasteiger partial charge in [-0.05, 0) is 12.8 Å². The van der Waals surface area contributed by atoms with Crippen LogP contribution in [0.2, 0.25) is 0 Å². The minimum atomic E-state index is -0.794. The Hall–Kier alpha value is -1.10. The molecular weight excluding hydrogens is 232 g/mol. The van der Waals surface area contributed by atoms with E-state index in [1.165, 1.54) is 0 Å². The van der Waals surface area contributed by atoms with E-state index in [9.17, 15) is 9.59 Å². The van der Waals surface area contributed by atoms with Crippen molar-refractivity contribution in [3.8, 4) is 0 Å². The molecule has 5 heteroatoms. The van der Waals surface area contributed by atoms with Crippen LogP contribution in [0.25, 0.3) is 0 Å². The van der Waals surface area contributed by atoms with Gasteiger partial charge < -0.3 is 10.0 Å². The Kier molecular flexibility index (Phi) is 6.72. The van der Waals surface area contributed by atoms with Gasteiger partial charge in [0, 0.05) is 32.6 Å². The van der Waals surface area contributed by atoms with Crippen molar-refractivity contribution in [1.29, 1.82) is 0 Å². The average molecular weight is 256 g/mol. The first kappa shape index (κ1) is 15.0. The van der Waals surface area contributed by atoms with Crippen LogP contribution >= 0.6 is 0 Å². The normalized spacial score (nSPS) is 17.5. The number of carbonyl (C=O) groups is 2. The SMILES string of the molecule is CCCCCC(=O)N1CCCN(CC(=O)O)CC1. The van der Waals surface area contributed by atoms with E-state index < -0.39 is 5.97 Å². The van der Waals surface area contributed by atoms with E-state index in [4.69, 9.17) is 5.11 Å². The van der Waals surface area contributed by atoms with Gasteiger partial charge in [-0.3, -0.25) is 14.5 Å². The summed E-state index contributed by atoms with van der Waals surface area (Å²) < 4.78 is 0. The molecule has 0 spiro atoms. The van der Waals surface area contributed by atoms with E-state index in [1.54, 1.807) is 0 Å². The summed E-state index contributed by atoms with van der Waals surface area (Å²) in [5.74, 6) is -0.571. The van der Waals surface area contributed by atoms with Crippen molar-refractivity contribution in [3.63, 3.8) is 0 Å². The first-order chi connectivity index (χ1) is 8.63. The largest absolute Gasteiger partial charge is 0.480 e. The third-order valence-electron chi connectivity index (χ3n) is 3.29. The first-order valence-electron chi connectivity index (χ1n) is 6.85. The third-order valence-corrected chi connectivity index (χ3v) is 3.29. The minimum Gasteiger partial charge on any atom is -0.480 e. The number of carboxylic acids is 1. The molecule has 0 aromatic rings. The predicted molar refractivity (Wildman–Crippen MR) is 69.4 cm³/mol. The maximum absolute atomic E-state index is 11.9. The second-order valence-corrected chi connectivity index (χ2v) is 4.86. The van der Waals surface area contributed by atoms with Crippen LogP contribution in [0.5, 0.6) is 0 Å². The van der Waals surface area contributed by atoms with Crippen molar-refractivity contribution in [2.24, 2.45) is 0 Å². The van der Waals surface area contributed by atoms with Gasteiger partial charge in [-0.2, -0.15) is 0 Å². The molecule has 1 fully saturated rings. The highest BCUT2D eigenvalue weighted by Gasteiger charge is 2.19. The summed E-state index contributed by atoms with van der Waals surface area (Å²) in [5.41, 5.74) is 0. The quantitative estimate of drug-likeness (QED) is 0.725. The van der Waals surface area contributed by atoms with Crippen LogP contribution in [0, 0.1) is 0 Å². The number of nitrogens with zero attached hydrogens (tertiary/aromatic N) is 2. The molecule has 1 aliphatic heterocycles. The first-order valence-corrected chi connectivity index (χ1v) is 6.85. The molecule has 1 aliphatic rings. The zero-order valence-corrected chi connectivity index (χ0v) is 11.2. The molecule has 1 rings (SSSR count). The highest BCUT2D eigenvalue weighted by atomic mass is 16.4. The molecule has 1 N–H and O–H groups in total. The molecule has 0 aliphatic carbocycles. The van der Waals surface area contributed by atoms with Gasteiger partial charge in [0.05, 0.1) is 6.54 Å². The maximum Gasteiger partial charge on any atom is 0.317 e. The van der Waals surface area contributed by atoms with E-state index in [1.807, 2.05) is 9.80 Å². The van der Waals surface area contributed by atoms with E-state index in [0.717, 1.165) is 38.8 Å². The van der Waals surface area contributed by atoms with Gasteiger partial charge in [-0.15, -0.1) is 0 Å². The lowest BCUT2D eigenvalue weighted by atomic mass is 10.2. The van der Waals surface area contributed by atoms with Gasteiger partial charge in [0.1, 0.15) is 0 Å². The fraction of sp³-hybridized carbons (Fsp3) is 0.846. The molecule has 0 saturated carbocycles. The topological polar surface area (TPSA) is 60.9 Å². The molecule has 0 aromatic heterocycles. The van der Waals surface area contributed by atoms with Gasteiger partial charge in [0.25, 0.3) is 0 Å².